The lowest BCUT2D eigenvalue weighted by molar-refractivity contribution is 0.305. The molecule has 0 unspecified atom stereocenters. The molecule has 0 bridgehead atoms. The van der Waals surface area contributed by atoms with E-state index >= 15 is 0 Å². The zero-order valence-electron chi connectivity index (χ0n) is 12.7. The fourth-order valence-corrected chi connectivity index (χ4v) is 3.46. The summed E-state index contributed by atoms with van der Waals surface area (Å²) in [5.74, 6) is 0.918. The molecule has 0 atom stereocenters. The molecule has 1 aliphatic rings. The van der Waals surface area contributed by atoms with Gasteiger partial charge < -0.3 is 10.1 Å². The van der Waals surface area contributed by atoms with Crippen molar-refractivity contribution in [3.05, 3.63) is 64.1 Å². The number of hydrogen-bond acceptors (Lipinski definition) is 2. The summed E-state index contributed by atoms with van der Waals surface area (Å²) in [6.45, 7) is 1.51. The monoisotopic (exact) mass is 359 g/mol. The molecule has 0 heterocycles. The summed E-state index contributed by atoms with van der Waals surface area (Å²) in [5.41, 5.74) is 2.46. The molecular formula is C19H22BrNO. The standard InChI is InChI=1S/C19H22BrNO/c20-17-10-16(13-21-18-8-4-5-9-18)11-19(12-17)22-14-15-6-2-1-3-7-15/h1-3,6-7,10-12,18,21H,4-5,8-9,13-14H2. The number of ether oxygens (including phenoxy) is 1. The molecule has 1 fully saturated rings. The topological polar surface area (TPSA) is 21.3 Å². The van der Waals surface area contributed by atoms with Crippen molar-refractivity contribution in [1.29, 1.82) is 0 Å². The Morgan fingerprint density at radius 3 is 2.55 bits per heavy atom. The van der Waals surface area contributed by atoms with Gasteiger partial charge in [-0.15, -0.1) is 0 Å². The Labute approximate surface area is 141 Å². The smallest absolute Gasteiger partial charge is 0.121 e. The van der Waals surface area contributed by atoms with Crippen molar-refractivity contribution >= 4 is 15.9 Å². The Kier molecular flexibility index (Phi) is 5.52. The van der Waals surface area contributed by atoms with E-state index in [1.807, 2.05) is 24.3 Å². The third kappa shape index (κ3) is 4.59. The summed E-state index contributed by atoms with van der Waals surface area (Å²) in [5, 5.41) is 3.65. The van der Waals surface area contributed by atoms with Gasteiger partial charge in [-0.1, -0.05) is 59.1 Å². The van der Waals surface area contributed by atoms with Crippen LogP contribution in [0.4, 0.5) is 0 Å². The maximum Gasteiger partial charge on any atom is 0.121 e. The van der Waals surface area contributed by atoms with E-state index in [9.17, 15) is 0 Å². The first-order valence-electron chi connectivity index (χ1n) is 7.99. The van der Waals surface area contributed by atoms with Gasteiger partial charge in [0.2, 0.25) is 0 Å². The maximum absolute atomic E-state index is 5.93. The van der Waals surface area contributed by atoms with E-state index < -0.39 is 0 Å². The first-order valence-corrected chi connectivity index (χ1v) is 8.78. The molecule has 3 rings (SSSR count). The van der Waals surface area contributed by atoms with Gasteiger partial charge in [-0.25, -0.2) is 0 Å². The summed E-state index contributed by atoms with van der Waals surface area (Å²) in [6, 6.07) is 17.3. The highest BCUT2D eigenvalue weighted by atomic mass is 79.9. The molecule has 2 aromatic rings. The molecule has 2 nitrogen and oxygen atoms in total. The van der Waals surface area contributed by atoms with Gasteiger partial charge in [0.15, 0.2) is 0 Å². The molecule has 0 aromatic heterocycles. The zero-order chi connectivity index (χ0) is 15.2. The SMILES string of the molecule is Brc1cc(CNC2CCCC2)cc(OCc2ccccc2)c1. The van der Waals surface area contributed by atoms with Crippen LogP contribution in [0.2, 0.25) is 0 Å². The molecule has 1 N–H and O–H groups in total. The van der Waals surface area contributed by atoms with Gasteiger partial charge in [-0.05, 0) is 42.2 Å². The van der Waals surface area contributed by atoms with E-state index in [0.717, 1.165) is 16.8 Å². The molecule has 0 aliphatic heterocycles. The molecule has 0 saturated heterocycles. The van der Waals surface area contributed by atoms with Crippen LogP contribution in [-0.2, 0) is 13.2 Å². The summed E-state index contributed by atoms with van der Waals surface area (Å²) in [7, 11) is 0. The van der Waals surface area contributed by atoms with Crippen LogP contribution in [0.3, 0.4) is 0 Å². The highest BCUT2D eigenvalue weighted by molar-refractivity contribution is 9.10. The van der Waals surface area contributed by atoms with Gasteiger partial charge in [-0.3, -0.25) is 0 Å². The molecule has 1 aliphatic carbocycles. The average Bonchev–Trinajstić information content (AvgIpc) is 3.05. The van der Waals surface area contributed by atoms with E-state index in [1.54, 1.807) is 0 Å². The summed E-state index contributed by atoms with van der Waals surface area (Å²) in [4.78, 5) is 0. The molecule has 0 spiro atoms. The second kappa shape index (κ2) is 7.80. The van der Waals surface area contributed by atoms with Gasteiger partial charge in [0.1, 0.15) is 12.4 Å². The largest absolute Gasteiger partial charge is 0.489 e. The Morgan fingerprint density at radius 1 is 1.00 bits per heavy atom. The highest BCUT2D eigenvalue weighted by Gasteiger charge is 2.14. The minimum atomic E-state index is 0.604. The van der Waals surface area contributed by atoms with Crippen molar-refractivity contribution in [3.63, 3.8) is 0 Å². The molecule has 2 aromatic carbocycles. The van der Waals surface area contributed by atoms with Crippen molar-refractivity contribution < 1.29 is 4.74 Å². The second-order valence-electron chi connectivity index (χ2n) is 5.93. The van der Waals surface area contributed by atoms with E-state index in [4.69, 9.17) is 4.74 Å². The van der Waals surface area contributed by atoms with Crippen LogP contribution < -0.4 is 10.1 Å². The highest BCUT2D eigenvalue weighted by Crippen LogP contribution is 2.23. The average molecular weight is 360 g/mol. The lowest BCUT2D eigenvalue weighted by atomic mass is 10.2. The fraction of sp³-hybridized carbons (Fsp3) is 0.368. The predicted octanol–water partition coefficient (Wildman–Crippen LogP) is 5.06. The van der Waals surface area contributed by atoms with Crippen molar-refractivity contribution in [2.45, 2.75) is 44.9 Å². The van der Waals surface area contributed by atoms with E-state index in [0.29, 0.717) is 12.6 Å². The van der Waals surface area contributed by atoms with Gasteiger partial charge >= 0.3 is 0 Å². The van der Waals surface area contributed by atoms with Crippen LogP contribution in [0, 0.1) is 0 Å². The third-order valence-electron chi connectivity index (χ3n) is 4.13. The predicted molar refractivity (Wildman–Crippen MR) is 94.0 cm³/mol. The first kappa shape index (κ1) is 15.6. The van der Waals surface area contributed by atoms with Crippen LogP contribution in [0.15, 0.2) is 53.0 Å². The Bertz CT molecular complexity index is 594. The number of benzene rings is 2. The summed E-state index contributed by atoms with van der Waals surface area (Å²) in [6.07, 6.45) is 5.35. The minimum absolute atomic E-state index is 0.604. The molecule has 0 radical (unpaired) electrons. The first-order chi connectivity index (χ1) is 10.8. The van der Waals surface area contributed by atoms with Gasteiger partial charge in [0.05, 0.1) is 0 Å². The maximum atomic E-state index is 5.93. The van der Waals surface area contributed by atoms with Crippen LogP contribution in [0.25, 0.3) is 0 Å². The number of halogens is 1. The molecule has 1 saturated carbocycles. The Hall–Kier alpha value is -1.32. The quantitative estimate of drug-likeness (QED) is 0.777. The molecule has 22 heavy (non-hydrogen) atoms. The Morgan fingerprint density at radius 2 is 1.77 bits per heavy atom. The van der Waals surface area contributed by atoms with Crippen LogP contribution in [-0.4, -0.2) is 6.04 Å². The number of nitrogens with one attached hydrogen (secondary N) is 1. The van der Waals surface area contributed by atoms with Crippen molar-refractivity contribution in [2.75, 3.05) is 0 Å². The fourth-order valence-electron chi connectivity index (χ4n) is 2.94. The third-order valence-corrected chi connectivity index (χ3v) is 4.59. The normalized spacial score (nSPS) is 15.1. The summed E-state index contributed by atoms with van der Waals surface area (Å²) >= 11 is 3.58. The summed E-state index contributed by atoms with van der Waals surface area (Å²) < 4.78 is 7.00. The van der Waals surface area contributed by atoms with Crippen molar-refractivity contribution in [3.8, 4) is 5.75 Å². The molecular weight excluding hydrogens is 338 g/mol. The minimum Gasteiger partial charge on any atom is -0.489 e. The van der Waals surface area contributed by atoms with Crippen LogP contribution in [0.1, 0.15) is 36.8 Å². The van der Waals surface area contributed by atoms with E-state index in [-0.39, 0.29) is 0 Å². The lowest BCUT2D eigenvalue weighted by Gasteiger charge is -2.13. The van der Waals surface area contributed by atoms with Gasteiger partial charge in [-0.2, -0.15) is 0 Å². The second-order valence-corrected chi connectivity index (χ2v) is 6.85. The zero-order valence-corrected chi connectivity index (χ0v) is 14.3. The molecule has 0 amide bonds. The molecule has 116 valence electrons. The van der Waals surface area contributed by atoms with Crippen LogP contribution >= 0.6 is 15.9 Å². The van der Waals surface area contributed by atoms with Gasteiger partial charge in [0.25, 0.3) is 0 Å². The number of hydrogen-bond donors (Lipinski definition) is 1. The lowest BCUT2D eigenvalue weighted by Crippen LogP contribution is -2.25. The van der Waals surface area contributed by atoms with E-state index in [2.05, 4.69) is 45.5 Å². The van der Waals surface area contributed by atoms with Gasteiger partial charge in [0, 0.05) is 17.1 Å². The molecule has 3 heteroatoms. The number of rotatable bonds is 6. The van der Waals surface area contributed by atoms with Crippen LogP contribution in [0.5, 0.6) is 5.75 Å². The van der Waals surface area contributed by atoms with Crippen molar-refractivity contribution in [1.82, 2.24) is 5.32 Å². The van der Waals surface area contributed by atoms with Crippen molar-refractivity contribution in [2.24, 2.45) is 0 Å². The Balaban J connectivity index is 1.59. The van der Waals surface area contributed by atoms with E-state index in [1.165, 1.54) is 36.8 Å².